The van der Waals surface area contributed by atoms with Gasteiger partial charge in [-0.2, -0.15) is 0 Å². The first-order chi connectivity index (χ1) is 7.39. The van der Waals surface area contributed by atoms with E-state index < -0.39 is 15.2 Å². The van der Waals surface area contributed by atoms with Crippen molar-refractivity contribution in [2.45, 2.75) is 19.6 Å². The SMILES string of the molecule is C[Si](C)(C)c1cc2cccc(B(O)O)c2s1. The van der Waals surface area contributed by atoms with Crippen LogP contribution in [0.15, 0.2) is 24.3 Å². The van der Waals surface area contributed by atoms with Gasteiger partial charge in [-0.1, -0.05) is 37.8 Å². The van der Waals surface area contributed by atoms with Crippen LogP contribution >= 0.6 is 11.3 Å². The summed E-state index contributed by atoms with van der Waals surface area (Å²) in [5.41, 5.74) is 0.618. The zero-order chi connectivity index (χ0) is 11.9. The molecule has 0 aliphatic carbocycles. The summed E-state index contributed by atoms with van der Waals surface area (Å²) in [4.78, 5) is 0. The molecular weight excluding hydrogens is 235 g/mol. The maximum Gasteiger partial charge on any atom is 0.489 e. The summed E-state index contributed by atoms with van der Waals surface area (Å²) in [5.74, 6) is 0. The second-order valence-electron chi connectivity index (χ2n) is 5.00. The lowest BCUT2D eigenvalue weighted by Crippen LogP contribution is -2.35. The first-order valence-electron chi connectivity index (χ1n) is 5.28. The van der Waals surface area contributed by atoms with Crippen molar-refractivity contribution < 1.29 is 10.0 Å². The maximum absolute atomic E-state index is 9.31. The Morgan fingerprint density at radius 2 is 1.88 bits per heavy atom. The molecule has 0 amide bonds. The molecule has 2 rings (SSSR count). The van der Waals surface area contributed by atoms with Gasteiger partial charge in [-0.25, -0.2) is 0 Å². The Kier molecular flexibility index (Phi) is 2.96. The number of hydrogen-bond donors (Lipinski definition) is 2. The number of benzene rings is 1. The quantitative estimate of drug-likeness (QED) is 0.784. The highest BCUT2D eigenvalue weighted by molar-refractivity contribution is 7.32. The Hall–Kier alpha value is -0.618. The van der Waals surface area contributed by atoms with Gasteiger partial charge in [-0.05, 0) is 21.4 Å². The highest BCUT2D eigenvalue weighted by atomic mass is 32.1. The fraction of sp³-hybridized carbons (Fsp3) is 0.273. The molecule has 2 nitrogen and oxygen atoms in total. The van der Waals surface area contributed by atoms with Gasteiger partial charge >= 0.3 is 7.12 Å². The predicted molar refractivity (Wildman–Crippen MR) is 74.6 cm³/mol. The second-order valence-corrected chi connectivity index (χ2v) is 11.5. The van der Waals surface area contributed by atoms with E-state index in [4.69, 9.17) is 0 Å². The number of hydrogen-bond acceptors (Lipinski definition) is 3. The molecule has 5 heteroatoms. The van der Waals surface area contributed by atoms with Crippen LogP contribution in [0, 0.1) is 0 Å². The van der Waals surface area contributed by atoms with Gasteiger partial charge in [0, 0.05) is 4.70 Å². The van der Waals surface area contributed by atoms with Crippen LogP contribution in [0.1, 0.15) is 0 Å². The molecule has 0 unspecified atom stereocenters. The molecule has 1 aromatic carbocycles. The lowest BCUT2D eigenvalue weighted by Gasteiger charge is -2.12. The topological polar surface area (TPSA) is 40.5 Å². The average Bonchev–Trinajstić information content (AvgIpc) is 2.59. The highest BCUT2D eigenvalue weighted by Gasteiger charge is 2.22. The van der Waals surface area contributed by atoms with Gasteiger partial charge in [0.15, 0.2) is 0 Å². The minimum absolute atomic E-state index is 0.618. The van der Waals surface area contributed by atoms with Crippen molar-refractivity contribution in [2.75, 3.05) is 0 Å². The number of fused-ring (bicyclic) bond motifs is 1. The zero-order valence-corrected chi connectivity index (χ0v) is 11.5. The van der Waals surface area contributed by atoms with Gasteiger partial charge in [0.1, 0.15) is 0 Å². The first kappa shape index (κ1) is 11.9. The molecule has 0 saturated carbocycles. The van der Waals surface area contributed by atoms with E-state index in [9.17, 15) is 10.0 Å². The first-order valence-corrected chi connectivity index (χ1v) is 9.60. The number of rotatable bonds is 2. The molecule has 2 aromatic rings. The lowest BCUT2D eigenvalue weighted by molar-refractivity contribution is 0.426. The standard InChI is InChI=1S/C11H15BO2SSi/c1-16(2,3)10-7-8-5-4-6-9(12(13)14)11(8)15-10/h4-7,13-14H,1-3H3. The molecule has 0 saturated heterocycles. The fourth-order valence-electron chi connectivity index (χ4n) is 1.66. The van der Waals surface area contributed by atoms with Gasteiger partial charge in [0.25, 0.3) is 0 Å². The molecule has 2 N–H and O–H groups in total. The van der Waals surface area contributed by atoms with Crippen LogP contribution in [0.3, 0.4) is 0 Å². The van der Waals surface area contributed by atoms with Crippen LogP contribution in [0.5, 0.6) is 0 Å². The van der Waals surface area contributed by atoms with Gasteiger partial charge < -0.3 is 10.0 Å². The third kappa shape index (κ3) is 2.08. The smallest absolute Gasteiger partial charge is 0.423 e. The van der Waals surface area contributed by atoms with Gasteiger partial charge in [0.2, 0.25) is 0 Å². The van der Waals surface area contributed by atoms with E-state index in [-0.39, 0.29) is 0 Å². The van der Waals surface area contributed by atoms with E-state index in [1.54, 1.807) is 17.4 Å². The van der Waals surface area contributed by atoms with Crippen molar-refractivity contribution >= 4 is 46.6 Å². The Morgan fingerprint density at radius 1 is 1.19 bits per heavy atom. The zero-order valence-electron chi connectivity index (χ0n) is 9.69. The fourth-order valence-corrected chi connectivity index (χ4v) is 4.72. The van der Waals surface area contributed by atoms with E-state index >= 15 is 0 Å². The summed E-state index contributed by atoms with van der Waals surface area (Å²) >= 11 is 1.70. The van der Waals surface area contributed by atoms with Crippen LogP contribution in [0.4, 0.5) is 0 Å². The molecule has 0 aliphatic rings. The number of thiophene rings is 1. The van der Waals surface area contributed by atoms with Crippen LogP contribution in [-0.4, -0.2) is 25.2 Å². The Balaban J connectivity index is 2.66. The molecule has 0 bridgehead atoms. The van der Waals surface area contributed by atoms with Crippen molar-refractivity contribution in [3.8, 4) is 0 Å². The monoisotopic (exact) mass is 250 g/mol. The average molecular weight is 250 g/mol. The van der Waals surface area contributed by atoms with E-state index in [2.05, 4.69) is 25.7 Å². The second kappa shape index (κ2) is 4.00. The summed E-state index contributed by atoms with van der Waals surface area (Å²) in [5, 5.41) is 19.7. The van der Waals surface area contributed by atoms with Crippen molar-refractivity contribution in [1.82, 2.24) is 0 Å². The molecule has 0 aliphatic heterocycles. The third-order valence-corrected chi connectivity index (χ3v) is 7.37. The van der Waals surface area contributed by atoms with Crippen LogP contribution in [0.25, 0.3) is 10.1 Å². The van der Waals surface area contributed by atoms with Crippen molar-refractivity contribution in [3.05, 3.63) is 24.3 Å². The third-order valence-electron chi connectivity index (χ3n) is 2.59. The van der Waals surface area contributed by atoms with Crippen molar-refractivity contribution in [2.24, 2.45) is 0 Å². The minimum atomic E-state index is -1.38. The van der Waals surface area contributed by atoms with Gasteiger partial charge in [-0.15, -0.1) is 11.3 Å². The Morgan fingerprint density at radius 3 is 2.44 bits per heavy atom. The molecular formula is C11H15BO2SSi. The Labute approximate surface area is 101 Å². The Bertz CT molecular complexity index is 516. The molecule has 1 aromatic heterocycles. The molecule has 84 valence electrons. The molecule has 16 heavy (non-hydrogen) atoms. The predicted octanol–water partition coefficient (Wildman–Crippen LogP) is 1.13. The summed E-state index contributed by atoms with van der Waals surface area (Å²) in [7, 11) is -2.70. The van der Waals surface area contributed by atoms with Gasteiger partial charge in [0.05, 0.1) is 8.07 Å². The summed E-state index contributed by atoms with van der Waals surface area (Å²) in [6.45, 7) is 6.90. The summed E-state index contributed by atoms with van der Waals surface area (Å²) in [6.07, 6.45) is 0. The van der Waals surface area contributed by atoms with Crippen LogP contribution in [-0.2, 0) is 0 Å². The van der Waals surface area contributed by atoms with E-state index in [1.165, 1.54) is 4.50 Å². The molecule has 0 atom stereocenters. The maximum atomic E-state index is 9.31. The van der Waals surface area contributed by atoms with Crippen LogP contribution < -0.4 is 9.96 Å². The summed E-state index contributed by atoms with van der Waals surface area (Å²) in [6, 6.07) is 7.87. The molecule has 0 spiro atoms. The van der Waals surface area contributed by atoms with Crippen molar-refractivity contribution in [1.29, 1.82) is 0 Å². The normalized spacial score (nSPS) is 12.1. The van der Waals surface area contributed by atoms with Crippen molar-refractivity contribution in [3.63, 3.8) is 0 Å². The van der Waals surface area contributed by atoms with Crippen LogP contribution in [0.2, 0.25) is 19.6 Å². The molecule has 0 radical (unpaired) electrons. The summed E-state index contributed by atoms with van der Waals surface area (Å²) < 4.78 is 2.41. The van der Waals surface area contributed by atoms with E-state index in [1.807, 2.05) is 12.1 Å². The molecule has 0 fully saturated rings. The lowest BCUT2D eigenvalue weighted by atomic mass is 9.80. The van der Waals surface area contributed by atoms with Gasteiger partial charge in [-0.3, -0.25) is 0 Å². The largest absolute Gasteiger partial charge is 0.489 e. The van der Waals surface area contributed by atoms with E-state index in [0.29, 0.717) is 5.46 Å². The van der Waals surface area contributed by atoms with E-state index in [0.717, 1.165) is 10.1 Å². The highest BCUT2D eigenvalue weighted by Crippen LogP contribution is 2.20. The minimum Gasteiger partial charge on any atom is -0.423 e. The molecule has 1 heterocycles.